The number of aliphatic hydroxyl groups is 2. The molecule has 8 atom stereocenters. The van der Waals surface area contributed by atoms with Crippen LogP contribution < -0.4 is 0 Å². The molecule has 1 heterocycles. The number of carboxylic acids is 1. The number of esters is 2. The van der Waals surface area contributed by atoms with Crippen molar-refractivity contribution in [1.82, 2.24) is 0 Å². The third-order valence-corrected chi connectivity index (χ3v) is 8.68. The van der Waals surface area contributed by atoms with Crippen LogP contribution in [0.5, 0.6) is 0 Å². The molecular formula is C24H32O9. The predicted octanol–water partition coefficient (Wildman–Crippen LogP) is 2.03. The van der Waals surface area contributed by atoms with Crippen LogP contribution >= 0.6 is 0 Å². The first-order valence-corrected chi connectivity index (χ1v) is 11.3. The van der Waals surface area contributed by atoms with E-state index in [0.29, 0.717) is 24.2 Å². The van der Waals surface area contributed by atoms with Crippen LogP contribution in [0.1, 0.15) is 64.7 Å². The topological polar surface area (TPSA) is 144 Å². The molecule has 0 bridgehead atoms. The molecule has 0 amide bonds. The zero-order valence-electron chi connectivity index (χ0n) is 19.5. The van der Waals surface area contributed by atoms with E-state index >= 15 is 0 Å². The fourth-order valence-electron chi connectivity index (χ4n) is 7.25. The van der Waals surface area contributed by atoms with Crippen molar-refractivity contribution in [2.75, 3.05) is 0 Å². The van der Waals surface area contributed by atoms with Crippen LogP contribution in [0.15, 0.2) is 16.7 Å². The van der Waals surface area contributed by atoms with Gasteiger partial charge in [-0.25, -0.2) is 0 Å². The summed E-state index contributed by atoms with van der Waals surface area (Å²) in [6, 6.07) is 1.58. The molecule has 0 spiro atoms. The second-order valence-electron chi connectivity index (χ2n) is 10.6. The van der Waals surface area contributed by atoms with E-state index in [1.165, 1.54) is 20.1 Å². The van der Waals surface area contributed by atoms with Crippen LogP contribution in [0.2, 0.25) is 0 Å². The van der Waals surface area contributed by atoms with E-state index in [9.17, 15) is 29.7 Å². The van der Waals surface area contributed by atoms with Crippen molar-refractivity contribution in [2.45, 2.75) is 83.7 Å². The molecule has 3 aliphatic carbocycles. The maximum Gasteiger partial charge on any atom is 0.311 e. The van der Waals surface area contributed by atoms with Crippen LogP contribution in [0, 0.1) is 22.7 Å². The Morgan fingerprint density at radius 3 is 2.33 bits per heavy atom. The third-order valence-electron chi connectivity index (χ3n) is 8.68. The van der Waals surface area contributed by atoms with Gasteiger partial charge in [-0.2, -0.15) is 0 Å². The van der Waals surface area contributed by atoms with Crippen molar-refractivity contribution in [3.8, 4) is 0 Å². The number of rotatable bonds is 3. The van der Waals surface area contributed by atoms with Gasteiger partial charge in [-0.1, -0.05) is 20.8 Å². The van der Waals surface area contributed by atoms with Crippen molar-refractivity contribution >= 4 is 17.9 Å². The Balaban J connectivity index is 2.00. The highest BCUT2D eigenvalue weighted by atomic mass is 16.6. The quantitative estimate of drug-likeness (QED) is 0.572. The van der Waals surface area contributed by atoms with Crippen LogP contribution in [0.4, 0.5) is 0 Å². The third kappa shape index (κ3) is 3.08. The number of carbonyl (C=O) groups is 3. The van der Waals surface area contributed by atoms with Gasteiger partial charge in [0.2, 0.25) is 0 Å². The van der Waals surface area contributed by atoms with Gasteiger partial charge in [0.1, 0.15) is 17.5 Å². The first-order chi connectivity index (χ1) is 15.3. The molecule has 0 aromatic carbocycles. The zero-order chi connectivity index (χ0) is 24.5. The van der Waals surface area contributed by atoms with Crippen LogP contribution in [-0.4, -0.2) is 57.1 Å². The molecule has 9 nitrogen and oxygen atoms in total. The van der Waals surface area contributed by atoms with Crippen molar-refractivity contribution < 1.29 is 43.6 Å². The van der Waals surface area contributed by atoms with Gasteiger partial charge in [-0.05, 0) is 30.2 Å². The maximum atomic E-state index is 12.5. The minimum absolute atomic E-state index is 0.243. The summed E-state index contributed by atoms with van der Waals surface area (Å²) in [6.07, 6.45) is -1.13. The average molecular weight is 465 g/mol. The Kier molecular flexibility index (Phi) is 5.44. The van der Waals surface area contributed by atoms with E-state index in [2.05, 4.69) is 0 Å². The highest BCUT2D eigenvalue weighted by Crippen LogP contribution is 2.68. The largest absolute Gasteiger partial charge is 0.481 e. The monoisotopic (exact) mass is 464 g/mol. The normalized spacial score (nSPS) is 41.2. The Labute approximate surface area is 192 Å². The smallest absolute Gasteiger partial charge is 0.311 e. The van der Waals surface area contributed by atoms with Crippen molar-refractivity contribution in [3.05, 3.63) is 23.7 Å². The highest BCUT2D eigenvalue weighted by molar-refractivity contribution is 5.78. The maximum absolute atomic E-state index is 12.5. The number of hydrogen-bond donors (Lipinski definition) is 3. The van der Waals surface area contributed by atoms with E-state index in [-0.39, 0.29) is 6.42 Å². The lowest BCUT2D eigenvalue weighted by Crippen LogP contribution is -2.80. The molecule has 0 radical (unpaired) electrons. The van der Waals surface area contributed by atoms with Gasteiger partial charge in [-0.15, -0.1) is 0 Å². The fraction of sp³-hybridized carbons (Fsp3) is 0.708. The molecule has 1 aromatic rings. The Morgan fingerprint density at radius 1 is 1.12 bits per heavy atom. The first kappa shape index (κ1) is 23.8. The zero-order valence-corrected chi connectivity index (χ0v) is 19.5. The van der Waals surface area contributed by atoms with Gasteiger partial charge in [0.25, 0.3) is 0 Å². The summed E-state index contributed by atoms with van der Waals surface area (Å²) in [6.45, 7) is 7.88. The van der Waals surface area contributed by atoms with Gasteiger partial charge < -0.3 is 29.2 Å². The molecular weight excluding hydrogens is 432 g/mol. The highest BCUT2D eigenvalue weighted by Gasteiger charge is 2.77. The minimum Gasteiger partial charge on any atom is -0.481 e. The molecule has 4 rings (SSSR count). The average Bonchev–Trinajstić information content (AvgIpc) is 3.17. The summed E-state index contributed by atoms with van der Waals surface area (Å²) >= 11 is 0. The summed E-state index contributed by atoms with van der Waals surface area (Å²) in [4.78, 5) is 36.6. The summed E-state index contributed by atoms with van der Waals surface area (Å²) in [7, 11) is 0. The van der Waals surface area contributed by atoms with Gasteiger partial charge >= 0.3 is 17.9 Å². The summed E-state index contributed by atoms with van der Waals surface area (Å²) in [5.74, 6) is -4.60. The number of carboxylic acid groups (broad SMARTS) is 1. The number of aliphatic hydroxyl groups excluding tert-OH is 1. The van der Waals surface area contributed by atoms with Gasteiger partial charge in [-0.3, -0.25) is 14.4 Å². The van der Waals surface area contributed by atoms with Crippen LogP contribution in [-0.2, 0) is 30.3 Å². The van der Waals surface area contributed by atoms with E-state index in [0.717, 1.165) is 0 Å². The van der Waals surface area contributed by atoms with E-state index in [1.54, 1.807) is 13.0 Å². The Bertz CT molecular complexity index is 980. The second-order valence-corrected chi connectivity index (χ2v) is 10.6. The molecule has 0 saturated heterocycles. The number of carbonyl (C=O) groups excluding carboxylic acids is 2. The number of furan rings is 1. The fourth-order valence-corrected chi connectivity index (χ4v) is 7.25. The van der Waals surface area contributed by atoms with Gasteiger partial charge in [0.05, 0.1) is 18.3 Å². The SMILES string of the molecule is CC(=O)OC1CCC(C)(C)C2(O)C(OC(C)=O)C(O)C3C(C(=O)O)c4ccoc4CC3C12C. The molecule has 3 aliphatic rings. The molecule has 3 N–H and O–H groups in total. The first-order valence-electron chi connectivity index (χ1n) is 11.3. The molecule has 1 aromatic heterocycles. The number of aliphatic carboxylic acids is 1. The van der Waals surface area contributed by atoms with Gasteiger partial charge in [0, 0.05) is 37.2 Å². The number of hydrogen-bond acceptors (Lipinski definition) is 8. The van der Waals surface area contributed by atoms with Gasteiger partial charge in [0.15, 0.2) is 6.10 Å². The van der Waals surface area contributed by atoms with Crippen LogP contribution in [0.3, 0.4) is 0 Å². The van der Waals surface area contributed by atoms with E-state index in [4.69, 9.17) is 13.9 Å². The molecule has 2 fully saturated rings. The lowest BCUT2D eigenvalue weighted by Gasteiger charge is -2.69. The van der Waals surface area contributed by atoms with Crippen molar-refractivity contribution in [3.63, 3.8) is 0 Å². The molecule has 2 saturated carbocycles. The number of fused-ring (bicyclic) bond motifs is 4. The molecule has 8 unspecified atom stereocenters. The Morgan fingerprint density at radius 2 is 1.76 bits per heavy atom. The standard InChI is InChI=1S/C24H32O9/c1-11(25)32-16-6-8-22(3,4)24(30)20(33-12(2)26)19(27)18-14(23(16,24)5)10-15-13(7-9-31-15)17(18)21(28)29/h7,9,14,16-20,27,30H,6,8,10H2,1-5H3,(H,28,29). The second kappa shape index (κ2) is 7.56. The molecule has 182 valence electrons. The minimum atomic E-state index is -1.82. The number of ether oxygens (including phenoxy) is 2. The van der Waals surface area contributed by atoms with Crippen molar-refractivity contribution in [2.24, 2.45) is 22.7 Å². The molecule has 0 aliphatic heterocycles. The molecule has 33 heavy (non-hydrogen) atoms. The van der Waals surface area contributed by atoms with Crippen LogP contribution in [0.25, 0.3) is 0 Å². The lowest BCUT2D eigenvalue weighted by atomic mass is 9.39. The Hall–Kier alpha value is -2.39. The molecule has 9 heteroatoms. The van der Waals surface area contributed by atoms with E-state index in [1.807, 2.05) is 13.8 Å². The summed E-state index contributed by atoms with van der Waals surface area (Å²) < 4.78 is 16.9. The van der Waals surface area contributed by atoms with Crippen molar-refractivity contribution in [1.29, 1.82) is 0 Å². The van der Waals surface area contributed by atoms with E-state index < -0.39 is 70.4 Å². The predicted molar refractivity (Wildman–Crippen MR) is 113 cm³/mol. The summed E-state index contributed by atoms with van der Waals surface area (Å²) in [5, 5.41) is 34.2. The summed E-state index contributed by atoms with van der Waals surface area (Å²) in [5.41, 5.74) is -3.47. The lowest BCUT2D eigenvalue weighted by molar-refractivity contribution is -0.338.